The molecule has 3 aromatic rings. The Morgan fingerprint density at radius 3 is 2.80 bits per heavy atom. The lowest BCUT2D eigenvalue weighted by atomic mass is 9.78. The molecule has 2 aromatic heterocycles. The Kier molecular flexibility index (Phi) is 4.74. The molecular formula is C24H28N4O2. The van der Waals surface area contributed by atoms with E-state index in [4.69, 9.17) is 0 Å². The fraction of sp³-hybridized carbons (Fsp3) is 0.417. The van der Waals surface area contributed by atoms with E-state index >= 15 is 0 Å². The van der Waals surface area contributed by atoms with Gasteiger partial charge in [0, 0.05) is 54.4 Å². The van der Waals surface area contributed by atoms with Crippen LogP contribution in [0.25, 0.3) is 10.9 Å². The SMILES string of the molecule is CN(C)C[C@H]1[C@H]2C[C@H](CN(C(=O)Cc3c[nH]c4ccccc34)C2)c2cccc(=O)n21. The number of carbonyl (C=O) groups excluding carboxylic acids is 1. The largest absolute Gasteiger partial charge is 0.361 e. The molecule has 1 aromatic carbocycles. The smallest absolute Gasteiger partial charge is 0.251 e. The summed E-state index contributed by atoms with van der Waals surface area (Å²) in [4.78, 5) is 33.4. The summed E-state index contributed by atoms with van der Waals surface area (Å²) in [7, 11) is 4.09. The van der Waals surface area contributed by atoms with E-state index in [2.05, 4.69) is 22.0 Å². The number of hydrogen-bond acceptors (Lipinski definition) is 3. The zero-order chi connectivity index (χ0) is 20.8. The van der Waals surface area contributed by atoms with Crippen molar-refractivity contribution in [3.8, 4) is 0 Å². The third-order valence-electron chi connectivity index (χ3n) is 6.72. The van der Waals surface area contributed by atoms with Crippen molar-refractivity contribution in [1.29, 1.82) is 0 Å². The summed E-state index contributed by atoms with van der Waals surface area (Å²) in [6.45, 7) is 2.21. The molecule has 0 saturated carbocycles. The molecule has 3 atom stereocenters. The van der Waals surface area contributed by atoms with Crippen molar-refractivity contribution < 1.29 is 4.79 Å². The summed E-state index contributed by atoms with van der Waals surface area (Å²) >= 11 is 0. The molecule has 0 radical (unpaired) electrons. The number of hydrogen-bond donors (Lipinski definition) is 1. The van der Waals surface area contributed by atoms with Crippen molar-refractivity contribution >= 4 is 16.8 Å². The van der Waals surface area contributed by atoms with Crippen molar-refractivity contribution in [3.63, 3.8) is 0 Å². The number of piperidine rings is 1. The molecule has 0 aliphatic carbocycles. The minimum atomic E-state index is 0.0765. The maximum atomic E-state index is 13.3. The Bertz CT molecular complexity index is 1150. The number of carbonyl (C=O) groups is 1. The quantitative estimate of drug-likeness (QED) is 0.727. The topological polar surface area (TPSA) is 61.3 Å². The van der Waals surface area contributed by atoms with Gasteiger partial charge in [0.1, 0.15) is 0 Å². The summed E-state index contributed by atoms with van der Waals surface area (Å²) in [5.41, 5.74) is 3.27. The Morgan fingerprint density at radius 1 is 1.13 bits per heavy atom. The first-order valence-electron chi connectivity index (χ1n) is 10.7. The molecule has 2 aliphatic rings. The van der Waals surface area contributed by atoms with Crippen LogP contribution < -0.4 is 5.56 Å². The molecule has 2 aliphatic heterocycles. The van der Waals surface area contributed by atoms with Gasteiger partial charge < -0.3 is 19.4 Å². The molecule has 0 unspecified atom stereocenters. The van der Waals surface area contributed by atoms with E-state index in [1.54, 1.807) is 6.07 Å². The molecule has 1 amide bonds. The van der Waals surface area contributed by atoms with Crippen LogP contribution >= 0.6 is 0 Å². The number of benzene rings is 1. The van der Waals surface area contributed by atoms with Gasteiger partial charge in [0.25, 0.3) is 5.56 Å². The van der Waals surface area contributed by atoms with Crippen molar-refractivity contribution in [2.75, 3.05) is 33.7 Å². The van der Waals surface area contributed by atoms with Gasteiger partial charge in [-0.2, -0.15) is 0 Å². The molecule has 156 valence electrons. The fourth-order valence-corrected chi connectivity index (χ4v) is 5.41. The van der Waals surface area contributed by atoms with Gasteiger partial charge in [-0.25, -0.2) is 0 Å². The Hall–Kier alpha value is -2.86. The van der Waals surface area contributed by atoms with Gasteiger partial charge in [-0.3, -0.25) is 9.59 Å². The van der Waals surface area contributed by atoms with Gasteiger partial charge in [0.05, 0.1) is 12.5 Å². The van der Waals surface area contributed by atoms with E-state index in [-0.39, 0.29) is 23.4 Å². The van der Waals surface area contributed by atoms with E-state index in [9.17, 15) is 9.59 Å². The molecule has 6 nitrogen and oxygen atoms in total. The van der Waals surface area contributed by atoms with E-state index in [0.29, 0.717) is 18.9 Å². The zero-order valence-corrected chi connectivity index (χ0v) is 17.5. The van der Waals surface area contributed by atoms with Gasteiger partial charge in [-0.1, -0.05) is 24.3 Å². The highest BCUT2D eigenvalue weighted by Gasteiger charge is 2.41. The van der Waals surface area contributed by atoms with E-state index in [1.165, 1.54) is 0 Å². The number of aromatic nitrogens is 2. The average Bonchev–Trinajstić information content (AvgIpc) is 3.14. The zero-order valence-electron chi connectivity index (χ0n) is 17.5. The van der Waals surface area contributed by atoms with Gasteiger partial charge in [0.2, 0.25) is 5.91 Å². The predicted octanol–water partition coefficient (Wildman–Crippen LogP) is 2.62. The van der Waals surface area contributed by atoms with Crippen LogP contribution in [0, 0.1) is 5.92 Å². The Balaban J connectivity index is 1.43. The second-order valence-electron chi connectivity index (χ2n) is 9.02. The average molecular weight is 405 g/mol. The van der Waals surface area contributed by atoms with E-state index < -0.39 is 0 Å². The number of para-hydroxylation sites is 1. The van der Waals surface area contributed by atoms with Gasteiger partial charge >= 0.3 is 0 Å². The van der Waals surface area contributed by atoms with Crippen LogP contribution in [0.3, 0.4) is 0 Å². The second-order valence-corrected chi connectivity index (χ2v) is 9.02. The summed E-state index contributed by atoms with van der Waals surface area (Å²) in [5, 5.41) is 1.12. The maximum Gasteiger partial charge on any atom is 0.251 e. The fourth-order valence-electron chi connectivity index (χ4n) is 5.41. The Labute approximate surface area is 176 Å². The third kappa shape index (κ3) is 3.25. The van der Waals surface area contributed by atoms with Gasteiger partial charge in [0.15, 0.2) is 0 Å². The number of likely N-dealkylation sites (tertiary alicyclic amines) is 1. The lowest BCUT2D eigenvalue weighted by Crippen LogP contribution is -2.53. The van der Waals surface area contributed by atoms with Crippen LogP contribution in [-0.4, -0.2) is 59.0 Å². The molecule has 1 saturated heterocycles. The predicted molar refractivity (Wildman–Crippen MR) is 118 cm³/mol. The van der Waals surface area contributed by atoms with Gasteiger partial charge in [-0.05, 0) is 44.1 Å². The number of aromatic amines is 1. The lowest BCUT2D eigenvalue weighted by Gasteiger charge is -2.47. The van der Waals surface area contributed by atoms with Crippen LogP contribution in [0.1, 0.15) is 29.6 Å². The number of pyridine rings is 1. The lowest BCUT2D eigenvalue weighted by molar-refractivity contribution is -0.133. The first kappa shape index (κ1) is 19.1. The molecule has 0 spiro atoms. The standard InChI is InChI=1S/C24H28N4O2/c1-26(2)15-22-18-10-17(21-8-5-9-23(29)28(21)22)13-27(14-18)24(30)11-16-12-25-20-7-4-3-6-19(16)20/h3-9,12,17-18,22,25H,10-11,13-15H2,1-2H3/t17-,18+,22+/m1/s1. The second kappa shape index (κ2) is 7.43. The summed E-state index contributed by atoms with van der Waals surface area (Å²) in [5.74, 6) is 0.693. The van der Waals surface area contributed by atoms with Crippen molar-refractivity contribution in [2.45, 2.75) is 24.8 Å². The third-order valence-corrected chi connectivity index (χ3v) is 6.72. The molecule has 1 N–H and O–H groups in total. The number of nitrogens with zero attached hydrogens (tertiary/aromatic N) is 3. The number of amides is 1. The van der Waals surface area contributed by atoms with Crippen LogP contribution in [0.2, 0.25) is 0 Å². The highest BCUT2D eigenvalue weighted by Crippen LogP contribution is 2.41. The first-order chi connectivity index (χ1) is 14.5. The van der Waals surface area contributed by atoms with Crippen molar-refractivity contribution in [2.24, 2.45) is 5.92 Å². The molecule has 30 heavy (non-hydrogen) atoms. The summed E-state index contributed by atoms with van der Waals surface area (Å²) in [6, 6.07) is 13.8. The highest BCUT2D eigenvalue weighted by atomic mass is 16.2. The first-order valence-corrected chi connectivity index (χ1v) is 10.7. The molecule has 6 heteroatoms. The number of nitrogens with one attached hydrogen (secondary N) is 1. The molecule has 2 bridgehead atoms. The number of likely N-dealkylation sites (N-methyl/N-ethyl adjacent to an activating group) is 1. The van der Waals surface area contributed by atoms with Crippen molar-refractivity contribution in [3.05, 3.63) is 70.3 Å². The minimum Gasteiger partial charge on any atom is -0.361 e. The number of fused-ring (bicyclic) bond motifs is 5. The number of rotatable bonds is 4. The Morgan fingerprint density at radius 2 is 1.97 bits per heavy atom. The van der Waals surface area contributed by atoms with Crippen LogP contribution in [0.5, 0.6) is 0 Å². The van der Waals surface area contributed by atoms with Gasteiger partial charge in [-0.15, -0.1) is 0 Å². The van der Waals surface area contributed by atoms with Crippen molar-refractivity contribution in [1.82, 2.24) is 19.4 Å². The molecule has 4 heterocycles. The summed E-state index contributed by atoms with van der Waals surface area (Å²) < 4.78 is 2.00. The highest BCUT2D eigenvalue weighted by molar-refractivity contribution is 5.89. The van der Waals surface area contributed by atoms with Crippen LogP contribution in [0.4, 0.5) is 0 Å². The molecular weight excluding hydrogens is 376 g/mol. The maximum absolute atomic E-state index is 13.3. The van der Waals surface area contributed by atoms with E-state index in [0.717, 1.165) is 41.7 Å². The normalized spacial score (nSPS) is 23.0. The van der Waals surface area contributed by atoms with Crippen LogP contribution in [-0.2, 0) is 11.2 Å². The molecule has 1 fully saturated rings. The van der Waals surface area contributed by atoms with E-state index in [1.807, 2.05) is 54.0 Å². The number of H-pyrrole nitrogens is 1. The van der Waals surface area contributed by atoms with Crippen LogP contribution in [0.15, 0.2) is 53.5 Å². The monoisotopic (exact) mass is 404 g/mol. The summed E-state index contributed by atoms with van der Waals surface area (Å²) in [6.07, 6.45) is 3.40. The minimum absolute atomic E-state index is 0.0765. The molecule has 5 rings (SSSR count).